The lowest BCUT2D eigenvalue weighted by atomic mass is 10.1. The molecule has 6 heteroatoms. The topological polar surface area (TPSA) is 56.8 Å². The minimum Gasteiger partial charge on any atom is -0.486 e. The van der Waals surface area contributed by atoms with Crippen molar-refractivity contribution in [2.24, 2.45) is 0 Å². The van der Waals surface area contributed by atoms with Gasteiger partial charge in [0.1, 0.15) is 19.3 Å². The number of hydrogen-bond acceptors (Lipinski definition) is 4. The van der Waals surface area contributed by atoms with Gasteiger partial charge in [0.25, 0.3) is 0 Å². The number of fused-ring (bicyclic) bond motifs is 1. The van der Waals surface area contributed by atoms with Crippen LogP contribution in [0.5, 0.6) is 11.5 Å². The Hall–Kier alpha value is -1.27. The molecule has 114 valence electrons. The highest BCUT2D eigenvalue weighted by Crippen LogP contribution is 2.37. The van der Waals surface area contributed by atoms with Gasteiger partial charge in [0.15, 0.2) is 11.5 Å². The predicted octanol–water partition coefficient (Wildman–Crippen LogP) is 2.58. The highest BCUT2D eigenvalue weighted by Gasteiger charge is 2.26. The maximum atomic E-state index is 12.1. The Balaban J connectivity index is 1.74. The van der Waals surface area contributed by atoms with E-state index in [2.05, 4.69) is 21.2 Å². The second-order valence-electron chi connectivity index (χ2n) is 5.25. The summed E-state index contributed by atoms with van der Waals surface area (Å²) >= 11 is 3.53. The first-order chi connectivity index (χ1) is 10.1. The minimum absolute atomic E-state index is 0.0539. The van der Waals surface area contributed by atoms with Gasteiger partial charge in [0.2, 0.25) is 5.91 Å². The smallest absolute Gasteiger partial charge is 0.249 e. The number of rotatable bonds is 3. The fourth-order valence-electron chi connectivity index (χ4n) is 2.58. The Bertz CT molecular complexity index is 543. The predicted molar refractivity (Wildman–Crippen MR) is 80.7 cm³/mol. The molecule has 1 fully saturated rings. The van der Waals surface area contributed by atoms with Crippen LogP contribution in [0.1, 0.15) is 31.4 Å². The summed E-state index contributed by atoms with van der Waals surface area (Å²) < 4.78 is 17.4. The quantitative estimate of drug-likeness (QED) is 0.905. The lowest BCUT2D eigenvalue weighted by Crippen LogP contribution is -2.36. The van der Waals surface area contributed by atoms with Crippen molar-refractivity contribution in [2.75, 3.05) is 19.8 Å². The van der Waals surface area contributed by atoms with Crippen LogP contribution in [-0.4, -0.2) is 31.8 Å². The number of hydrogen-bond donors (Lipinski definition) is 1. The highest BCUT2D eigenvalue weighted by atomic mass is 79.9. The average molecular weight is 356 g/mol. The summed E-state index contributed by atoms with van der Waals surface area (Å²) in [7, 11) is 0. The number of benzene rings is 1. The minimum atomic E-state index is -0.316. The van der Waals surface area contributed by atoms with Crippen molar-refractivity contribution in [1.29, 1.82) is 0 Å². The van der Waals surface area contributed by atoms with Crippen LogP contribution in [0.25, 0.3) is 0 Å². The molecule has 1 saturated heterocycles. The molecular weight excluding hydrogens is 338 g/mol. The van der Waals surface area contributed by atoms with E-state index in [1.54, 1.807) is 0 Å². The molecule has 1 aromatic carbocycles. The second kappa shape index (κ2) is 6.23. The average Bonchev–Trinajstić information content (AvgIpc) is 3.00. The van der Waals surface area contributed by atoms with Gasteiger partial charge in [-0.2, -0.15) is 0 Å². The van der Waals surface area contributed by atoms with Crippen molar-refractivity contribution >= 4 is 21.8 Å². The van der Waals surface area contributed by atoms with Crippen LogP contribution in [0.4, 0.5) is 0 Å². The molecule has 5 nitrogen and oxygen atoms in total. The van der Waals surface area contributed by atoms with Gasteiger partial charge in [0.05, 0.1) is 6.04 Å². The zero-order chi connectivity index (χ0) is 14.8. The fraction of sp³-hybridized carbons (Fsp3) is 0.533. The molecule has 1 N–H and O–H groups in total. The molecule has 0 aliphatic carbocycles. The van der Waals surface area contributed by atoms with E-state index in [1.165, 1.54) is 0 Å². The lowest BCUT2D eigenvalue weighted by molar-refractivity contribution is -0.130. The van der Waals surface area contributed by atoms with Crippen molar-refractivity contribution in [2.45, 2.75) is 31.9 Å². The summed E-state index contributed by atoms with van der Waals surface area (Å²) in [6.45, 7) is 3.72. The molecule has 0 unspecified atom stereocenters. The summed E-state index contributed by atoms with van der Waals surface area (Å²) in [5, 5.41) is 3.00. The van der Waals surface area contributed by atoms with E-state index >= 15 is 0 Å². The Kier molecular flexibility index (Phi) is 4.35. The zero-order valence-electron chi connectivity index (χ0n) is 11.9. The van der Waals surface area contributed by atoms with Crippen molar-refractivity contribution in [3.8, 4) is 11.5 Å². The van der Waals surface area contributed by atoms with Gasteiger partial charge >= 0.3 is 0 Å². The van der Waals surface area contributed by atoms with E-state index in [0.717, 1.165) is 34.4 Å². The second-order valence-corrected chi connectivity index (χ2v) is 6.10. The molecule has 0 saturated carbocycles. The fourth-order valence-corrected chi connectivity index (χ4v) is 3.25. The maximum absolute atomic E-state index is 12.1. The number of ether oxygens (including phenoxy) is 3. The molecule has 1 aromatic rings. The third-order valence-corrected chi connectivity index (χ3v) is 4.40. The molecular formula is C15H18BrNO4. The summed E-state index contributed by atoms with van der Waals surface area (Å²) in [6.07, 6.45) is 1.42. The number of nitrogens with one attached hydrogen (secondary N) is 1. The largest absolute Gasteiger partial charge is 0.486 e. The van der Waals surface area contributed by atoms with Crippen molar-refractivity contribution < 1.29 is 19.0 Å². The molecule has 0 aromatic heterocycles. The Morgan fingerprint density at radius 3 is 2.67 bits per heavy atom. The van der Waals surface area contributed by atoms with Crippen LogP contribution in [-0.2, 0) is 9.53 Å². The lowest BCUT2D eigenvalue weighted by Gasteiger charge is -2.23. The van der Waals surface area contributed by atoms with Gasteiger partial charge in [-0.15, -0.1) is 0 Å². The molecule has 2 aliphatic heterocycles. The van der Waals surface area contributed by atoms with Crippen molar-refractivity contribution in [3.63, 3.8) is 0 Å². The molecule has 21 heavy (non-hydrogen) atoms. The number of carbonyl (C=O) groups is 1. The first-order valence-electron chi connectivity index (χ1n) is 7.16. The van der Waals surface area contributed by atoms with Crippen LogP contribution in [0, 0.1) is 0 Å². The first kappa shape index (κ1) is 14.7. The van der Waals surface area contributed by atoms with Crippen LogP contribution >= 0.6 is 15.9 Å². The van der Waals surface area contributed by atoms with Crippen LogP contribution < -0.4 is 14.8 Å². The molecule has 2 atom stereocenters. The molecule has 2 aliphatic rings. The van der Waals surface area contributed by atoms with Gasteiger partial charge < -0.3 is 19.5 Å². The SMILES string of the molecule is C[C@@H](NC(=O)[C@@H]1CCCO1)c1cc2c(cc1Br)OCCO2. The van der Waals surface area contributed by atoms with Crippen molar-refractivity contribution in [3.05, 3.63) is 22.2 Å². The molecule has 0 spiro atoms. The normalized spacial score (nSPS) is 21.9. The highest BCUT2D eigenvalue weighted by molar-refractivity contribution is 9.10. The standard InChI is InChI=1S/C15H18BrNO4/c1-9(17-15(18)12-3-2-4-19-12)10-7-13-14(8-11(10)16)21-6-5-20-13/h7-9,12H,2-6H2,1H3,(H,17,18)/t9-,12+/m1/s1. The summed E-state index contributed by atoms with van der Waals surface area (Å²) in [4.78, 5) is 12.1. The van der Waals surface area contributed by atoms with E-state index in [4.69, 9.17) is 14.2 Å². The monoisotopic (exact) mass is 355 g/mol. The summed E-state index contributed by atoms with van der Waals surface area (Å²) in [5.74, 6) is 1.40. The van der Waals surface area contributed by atoms with Gasteiger partial charge in [-0.1, -0.05) is 15.9 Å². The van der Waals surface area contributed by atoms with Crippen LogP contribution in [0.3, 0.4) is 0 Å². The molecule has 0 radical (unpaired) electrons. The Morgan fingerprint density at radius 2 is 2.00 bits per heavy atom. The summed E-state index contributed by atoms with van der Waals surface area (Å²) in [5.41, 5.74) is 0.964. The van der Waals surface area contributed by atoms with E-state index < -0.39 is 0 Å². The Morgan fingerprint density at radius 1 is 1.29 bits per heavy atom. The van der Waals surface area contributed by atoms with E-state index in [9.17, 15) is 4.79 Å². The van der Waals surface area contributed by atoms with Crippen LogP contribution in [0.15, 0.2) is 16.6 Å². The first-order valence-corrected chi connectivity index (χ1v) is 7.95. The Labute approximate surface area is 132 Å². The van der Waals surface area contributed by atoms with Gasteiger partial charge in [-0.05, 0) is 37.5 Å². The third kappa shape index (κ3) is 3.16. The van der Waals surface area contributed by atoms with Crippen LogP contribution in [0.2, 0.25) is 0 Å². The molecule has 0 bridgehead atoms. The van der Waals surface area contributed by atoms with Gasteiger partial charge in [0, 0.05) is 11.1 Å². The molecule has 2 heterocycles. The zero-order valence-corrected chi connectivity index (χ0v) is 13.4. The third-order valence-electron chi connectivity index (χ3n) is 3.71. The number of amides is 1. The van der Waals surface area contributed by atoms with Crippen molar-refractivity contribution in [1.82, 2.24) is 5.32 Å². The van der Waals surface area contributed by atoms with E-state index in [0.29, 0.717) is 19.8 Å². The number of carbonyl (C=O) groups excluding carboxylic acids is 1. The number of halogens is 1. The van der Waals surface area contributed by atoms with E-state index in [1.807, 2.05) is 19.1 Å². The van der Waals surface area contributed by atoms with E-state index in [-0.39, 0.29) is 18.1 Å². The van der Waals surface area contributed by atoms with Gasteiger partial charge in [-0.25, -0.2) is 0 Å². The van der Waals surface area contributed by atoms with Gasteiger partial charge in [-0.3, -0.25) is 4.79 Å². The maximum Gasteiger partial charge on any atom is 0.249 e. The molecule has 3 rings (SSSR count). The summed E-state index contributed by atoms with van der Waals surface area (Å²) in [6, 6.07) is 3.67. The molecule has 1 amide bonds.